The van der Waals surface area contributed by atoms with Gasteiger partial charge in [-0.3, -0.25) is 9.69 Å². The first kappa shape index (κ1) is 18.2. The number of benzene rings is 2. The van der Waals surface area contributed by atoms with E-state index in [0.717, 1.165) is 15.7 Å². The first-order valence-corrected chi connectivity index (χ1v) is 7.99. The molecule has 3 rings (SSSR count). The number of alkyl halides is 3. The van der Waals surface area contributed by atoms with E-state index in [2.05, 4.69) is 10.1 Å². The van der Waals surface area contributed by atoms with E-state index in [9.17, 15) is 22.8 Å². The third kappa shape index (κ3) is 3.37. The summed E-state index contributed by atoms with van der Waals surface area (Å²) in [5.41, 5.74) is -0.658. The summed E-state index contributed by atoms with van der Waals surface area (Å²) >= 11 is 0. The molecule has 1 aliphatic heterocycles. The van der Waals surface area contributed by atoms with E-state index in [1.165, 1.54) is 0 Å². The Kier molecular flexibility index (Phi) is 4.62. The van der Waals surface area contributed by atoms with Crippen LogP contribution in [0.15, 0.2) is 42.5 Å². The second kappa shape index (κ2) is 6.60. The maximum Gasteiger partial charge on any atom is 0.411 e. The van der Waals surface area contributed by atoms with E-state index >= 15 is 0 Å². The maximum atomic E-state index is 12.8. The summed E-state index contributed by atoms with van der Waals surface area (Å²) in [6.45, 7) is -0.464. The number of nitrogens with zero attached hydrogens (tertiary/aromatic N) is 1. The number of fused-ring (bicyclic) bond motifs is 1. The van der Waals surface area contributed by atoms with Crippen LogP contribution in [0.3, 0.4) is 0 Å². The number of ether oxygens (including phenoxy) is 1. The van der Waals surface area contributed by atoms with E-state index in [4.69, 9.17) is 0 Å². The lowest BCUT2D eigenvalue weighted by Crippen LogP contribution is -2.41. The maximum absolute atomic E-state index is 12.8. The van der Waals surface area contributed by atoms with Gasteiger partial charge in [-0.15, -0.1) is 0 Å². The van der Waals surface area contributed by atoms with Crippen LogP contribution in [0.25, 0.3) is 10.8 Å². The lowest BCUT2D eigenvalue weighted by molar-refractivity contribution is -0.174. The molecule has 0 saturated carbocycles. The zero-order valence-corrected chi connectivity index (χ0v) is 14.0. The minimum absolute atomic E-state index is 0.249. The normalized spacial score (nSPS) is 20.7. The van der Waals surface area contributed by atoms with Gasteiger partial charge in [0.1, 0.15) is 12.1 Å². The van der Waals surface area contributed by atoms with Gasteiger partial charge in [-0.2, -0.15) is 13.2 Å². The summed E-state index contributed by atoms with van der Waals surface area (Å²) in [7, 11) is 0. The molecular formula is C18H17F3N2O3. The third-order valence-corrected chi connectivity index (χ3v) is 4.33. The molecule has 1 N–H and O–H groups in total. The number of carbonyl (C=O) groups is 2. The van der Waals surface area contributed by atoms with Crippen molar-refractivity contribution in [3.63, 3.8) is 0 Å². The number of halogens is 3. The molecule has 5 nitrogen and oxygen atoms in total. The van der Waals surface area contributed by atoms with Gasteiger partial charge in [0, 0.05) is 0 Å². The van der Waals surface area contributed by atoms with Gasteiger partial charge >= 0.3 is 12.2 Å². The molecule has 2 aromatic carbocycles. The van der Waals surface area contributed by atoms with Gasteiger partial charge < -0.3 is 10.1 Å². The molecule has 26 heavy (non-hydrogen) atoms. The largest absolute Gasteiger partial charge is 0.411 e. The Morgan fingerprint density at radius 2 is 1.81 bits per heavy atom. The number of urea groups is 1. The topological polar surface area (TPSA) is 58.6 Å². The van der Waals surface area contributed by atoms with Crippen molar-refractivity contribution in [1.82, 2.24) is 10.2 Å². The van der Waals surface area contributed by atoms with Crippen LogP contribution in [0.2, 0.25) is 0 Å². The third-order valence-electron chi connectivity index (χ3n) is 4.33. The number of imide groups is 1. The molecule has 138 valence electrons. The molecule has 1 aliphatic rings. The van der Waals surface area contributed by atoms with Gasteiger partial charge in [-0.05, 0) is 23.3 Å². The average molecular weight is 366 g/mol. The summed E-state index contributed by atoms with van der Waals surface area (Å²) in [5.74, 6) is -0.519. The van der Waals surface area contributed by atoms with Gasteiger partial charge in [-0.1, -0.05) is 42.5 Å². The van der Waals surface area contributed by atoms with Gasteiger partial charge in [0.2, 0.25) is 0 Å². The minimum Gasteiger partial charge on any atom is -0.370 e. The van der Waals surface area contributed by atoms with Crippen LogP contribution >= 0.6 is 0 Å². The molecule has 0 aromatic heterocycles. The summed E-state index contributed by atoms with van der Waals surface area (Å²) < 4.78 is 40.9. The fourth-order valence-corrected chi connectivity index (χ4v) is 3.09. The highest BCUT2D eigenvalue weighted by Crippen LogP contribution is 2.33. The van der Waals surface area contributed by atoms with Crippen molar-refractivity contribution in [3.8, 4) is 0 Å². The molecule has 8 heteroatoms. The standard InChI is InChI=1S/C18H17F3N2O3/c1-17(14-8-4-6-12-5-2-3-7-13(12)14)15(24)23(16(25)22-17)9-10-26-11-18(19,20)21/h2-8H,9-11H2,1H3,(H,22,25). The highest BCUT2D eigenvalue weighted by Gasteiger charge is 2.49. The van der Waals surface area contributed by atoms with E-state index in [1.807, 2.05) is 30.3 Å². The summed E-state index contributed by atoms with van der Waals surface area (Å²) in [5, 5.41) is 4.39. The van der Waals surface area contributed by atoms with Crippen LogP contribution < -0.4 is 5.32 Å². The van der Waals surface area contributed by atoms with Crippen LogP contribution in [0.4, 0.5) is 18.0 Å². The molecule has 2 aromatic rings. The first-order valence-electron chi connectivity index (χ1n) is 7.99. The first-order chi connectivity index (χ1) is 12.2. The molecule has 0 radical (unpaired) electrons. The Labute approximate surface area is 147 Å². The predicted molar refractivity (Wildman–Crippen MR) is 88.4 cm³/mol. The van der Waals surface area contributed by atoms with Crippen molar-refractivity contribution in [1.29, 1.82) is 0 Å². The number of rotatable bonds is 5. The molecule has 3 amide bonds. The Bertz CT molecular complexity index is 848. The van der Waals surface area contributed by atoms with Gasteiger partial charge in [0.05, 0.1) is 13.2 Å². The number of hydrogen-bond acceptors (Lipinski definition) is 3. The summed E-state index contributed by atoms with van der Waals surface area (Å²) in [6, 6.07) is 12.2. The summed E-state index contributed by atoms with van der Waals surface area (Å²) in [4.78, 5) is 25.9. The predicted octanol–water partition coefficient (Wildman–Crippen LogP) is 3.19. The average Bonchev–Trinajstić information content (AvgIpc) is 2.80. The molecular weight excluding hydrogens is 349 g/mol. The van der Waals surface area contributed by atoms with E-state index in [1.54, 1.807) is 19.1 Å². The zero-order valence-electron chi connectivity index (χ0n) is 14.0. The van der Waals surface area contributed by atoms with Crippen molar-refractivity contribution < 1.29 is 27.5 Å². The second-order valence-corrected chi connectivity index (χ2v) is 6.21. The van der Waals surface area contributed by atoms with Crippen molar-refractivity contribution >= 4 is 22.7 Å². The van der Waals surface area contributed by atoms with Crippen molar-refractivity contribution in [3.05, 3.63) is 48.0 Å². The van der Waals surface area contributed by atoms with Crippen LogP contribution in [0, 0.1) is 0 Å². The van der Waals surface area contributed by atoms with Crippen LogP contribution in [0.1, 0.15) is 12.5 Å². The highest BCUT2D eigenvalue weighted by molar-refractivity contribution is 6.09. The molecule has 0 bridgehead atoms. The lowest BCUT2D eigenvalue weighted by Gasteiger charge is -2.24. The Hall–Kier alpha value is -2.61. The number of carbonyl (C=O) groups excluding carboxylic acids is 2. The van der Waals surface area contributed by atoms with Gasteiger partial charge in [0.25, 0.3) is 5.91 Å². The zero-order chi connectivity index (χ0) is 18.9. The van der Waals surface area contributed by atoms with Gasteiger partial charge in [0.15, 0.2) is 0 Å². The van der Waals surface area contributed by atoms with Crippen molar-refractivity contribution in [2.75, 3.05) is 19.8 Å². The van der Waals surface area contributed by atoms with Crippen molar-refractivity contribution in [2.24, 2.45) is 0 Å². The molecule has 1 atom stereocenters. The molecule has 1 unspecified atom stereocenters. The Morgan fingerprint density at radius 1 is 1.12 bits per heavy atom. The molecule has 1 heterocycles. The molecule has 0 aliphatic carbocycles. The quantitative estimate of drug-likeness (QED) is 0.653. The number of hydrogen-bond donors (Lipinski definition) is 1. The van der Waals surface area contributed by atoms with E-state index < -0.39 is 30.3 Å². The monoisotopic (exact) mass is 366 g/mol. The van der Waals surface area contributed by atoms with E-state index in [-0.39, 0.29) is 13.2 Å². The van der Waals surface area contributed by atoms with Crippen LogP contribution in [-0.4, -0.2) is 42.8 Å². The fraction of sp³-hybridized carbons (Fsp3) is 0.333. The Morgan fingerprint density at radius 3 is 2.54 bits per heavy atom. The van der Waals surface area contributed by atoms with Crippen molar-refractivity contribution in [2.45, 2.75) is 18.6 Å². The SMILES string of the molecule is CC1(c2cccc3ccccc23)NC(=O)N(CCOCC(F)(F)F)C1=O. The van der Waals surface area contributed by atoms with Crippen LogP contribution in [0.5, 0.6) is 0 Å². The molecule has 1 saturated heterocycles. The second-order valence-electron chi connectivity index (χ2n) is 6.21. The minimum atomic E-state index is -4.45. The van der Waals surface area contributed by atoms with E-state index in [0.29, 0.717) is 5.56 Å². The highest BCUT2D eigenvalue weighted by atomic mass is 19.4. The Balaban J connectivity index is 1.81. The number of amides is 3. The summed E-state index contributed by atoms with van der Waals surface area (Å²) in [6.07, 6.45) is -4.45. The van der Waals surface area contributed by atoms with Crippen LogP contribution in [-0.2, 0) is 15.1 Å². The smallest absolute Gasteiger partial charge is 0.370 e. The van der Waals surface area contributed by atoms with Gasteiger partial charge in [-0.25, -0.2) is 4.79 Å². The lowest BCUT2D eigenvalue weighted by atomic mass is 9.88. The molecule has 1 fully saturated rings. The molecule has 0 spiro atoms. The fourth-order valence-electron chi connectivity index (χ4n) is 3.09. The number of nitrogens with one attached hydrogen (secondary N) is 1.